The SMILES string of the molecule is CC(O[Si](C)(C)C)[C@H]1C(=O)N2C(C(=O)OCc3ccc([N+](=O)[O-])cc3)=C(Sc3nc(-c4cccc(C(N)=O)c4)cs3)[C@H](C)[C@H]12. The fraction of sp³-hybridized carbons (Fsp3) is 0.333. The number of β-lactam (4-membered cyclic amide) rings is 1. The Morgan fingerprint density at radius 2 is 1.91 bits per heavy atom. The molecule has 230 valence electrons. The number of primary amides is 1. The topological polar surface area (TPSA) is 155 Å². The predicted molar refractivity (Wildman–Crippen MR) is 169 cm³/mol. The summed E-state index contributed by atoms with van der Waals surface area (Å²) in [7, 11) is -1.94. The number of thiazole rings is 1. The average molecular weight is 653 g/mol. The van der Waals surface area contributed by atoms with Gasteiger partial charge in [0.2, 0.25) is 11.8 Å². The lowest BCUT2D eigenvalue weighted by Crippen LogP contribution is -2.64. The molecule has 2 aliphatic rings. The second kappa shape index (κ2) is 12.3. The molecule has 3 aromatic rings. The third kappa shape index (κ3) is 6.34. The lowest BCUT2D eigenvalue weighted by atomic mass is 9.79. The number of non-ortho nitro benzene ring substituents is 1. The molecule has 2 N–H and O–H groups in total. The Hall–Kier alpha value is -3.85. The predicted octanol–water partition coefficient (Wildman–Crippen LogP) is 5.58. The highest BCUT2D eigenvalue weighted by Crippen LogP contribution is 2.53. The minimum Gasteiger partial charge on any atom is -0.456 e. The van der Waals surface area contributed by atoms with Gasteiger partial charge in [0.15, 0.2) is 12.7 Å². The number of carbonyl (C=O) groups excluding carboxylic acids is 3. The van der Waals surface area contributed by atoms with E-state index in [0.717, 1.165) is 5.56 Å². The van der Waals surface area contributed by atoms with Crippen molar-refractivity contribution in [3.05, 3.63) is 85.8 Å². The van der Waals surface area contributed by atoms with Gasteiger partial charge in [-0.15, -0.1) is 11.3 Å². The molecule has 0 spiro atoms. The van der Waals surface area contributed by atoms with Crippen molar-refractivity contribution in [2.75, 3.05) is 0 Å². The lowest BCUT2D eigenvalue weighted by molar-refractivity contribution is -0.384. The number of nitrogens with two attached hydrogens (primary N) is 1. The van der Waals surface area contributed by atoms with Crippen LogP contribution in [0.1, 0.15) is 29.8 Å². The molecular formula is C30H32N4O7S2Si. The van der Waals surface area contributed by atoms with Crippen LogP contribution in [0.4, 0.5) is 5.69 Å². The fourth-order valence-corrected chi connectivity index (χ4v) is 8.91. The Balaban J connectivity index is 1.43. The van der Waals surface area contributed by atoms with Gasteiger partial charge in [0, 0.05) is 39.5 Å². The molecule has 3 heterocycles. The molecule has 1 fully saturated rings. The molecule has 2 aromatic carbocycles. The number of aromatic nitrogens is 1. The number of ether oxygens (including phenoxy) is 1. The highest BCUT2D eigenvalue weighted by molar-refractivity contribution is 8.04. The van der Waals surface area contributed by atoms with Crippen LogP contribution in [0.2, 0.25) is 19.6 Å². The maximum atomic E-state index is 13.6. The molecular weight excluding hydrogens is 621 g/mol. The highest BCUT2D eigenvalue weighted by Gasteiger charge is 2.61. The number of hydrogen-bond donors (Lipinski definition) is 1. The summed E-state index contributed by atoms with van der Waals surface area (Å²) >= 11 is 2.70. The number of nitro groups is 1. The van der Waals surface area contributed by atoms with E-state index >= 15 is 0 Å². The van der Waals surface area contributed by atoms with Gasteiger partial charge in [-0.2, -0.15) is 0 Å². The smallest absolute Gasteiger partial charge is 0.356 e. The van der Waals surface area contributed by atoms with Crippen LogP contribution >= 0.6 is 23.1 Å². The third-order valence-corrected chi connectivity index (χ3v) is 10.8. The zero-order valence-electron chi connectivity index (χ0n) is 24.8. The summed E-state index contributed by atoms with van der Waals surface area (Å²) in [6, 6.07) is 12.4. The van der Waals surface area contributed by atoms with Crippen molar-refractivity contribution in [2.45, 2.75) is 56.6 Å². The Morgan fingerprint density at radius 1 is 1.20 bits per heavy atom. The van der Waals surface area contributed by atoms with Gasteiger partial charge in [-0.1, -0.05) is 30.8 Å². The molecule has 11 nitrogen and oxygen atoms in total. The molecule has 0 aliphatic carbocycles. The van der Waals surface area contributed by atoms with Crippen molar-refractivity contribution in [3.8, 4) is 11.3 Å². The third-order valence-electron chi connectivity index (χ3n) is 7.47. The maximum Gasteiger partial charge on any atom is 0.356 e. The van der Waals surface area contributed by atoms with Crippen LogP contribution in [0.15, 0.2) is 68.9 Å². The van der Waals surface area contributed by atoms with E-state index in [2.05, 4.69) is 19.6 Å². The first-order chi connectivity index (χ1) is 20.7. The van der Waals surface area contributed by atoms with Crippen LogP contribution in [0.25, 0.3) is 11.3 Å². The number of nitrogens with zero attached hydrogens (tertiary/aromatic N) is 3. The van der Waals surface area contributed by atoms with Crippen molar-refractivity contribution in [1.82, 2.24) is 9.88 Å². The quantitative estimate of drug-likeness (QED) is 0.0919. The standard InChI is InChI=1S/C30H32N4O7S2Si/c1-16-24-23(17(2)41-44(3,4)5)28(36)33(24)25(29(37)40-14-18-9-11-21(12-10-18)34(38)39)26(16)43-30-32-22(15-42-30)19-7-6-8-20(13-19)27(31)35/h6-13,15-17,23-24H,14H2,1-5H3,(H2,31,35)/t16-,17?,23-,24-/m1/s1. The van der Waals surface area contributed by atoms with Crippen molar-refractivity contribution in [3.63, 3.8) is 0 Å². The van der Waals surface area contributed by atoms with Crippen molar-refractivity contribution in [1.29, 1.82) is 0 Å². The summed E-state index contributed by atoms with van der Waals surface area (Å²) in [4.78, 5) is 56.3. The van der Waals surface area contributed by atoms with E-state index in [4.69, 9.17) is 19.9 Å². The summed E-state index contributed by atoms with van der Waals surface area (Å²) in [5.74, 6) is -1.97. The molecule has 0 bridgehead atoms. The first kappa shape index (κ1) is 31.6. The van der Waals surface area contributed by atoms with Gasteiger partial charge in [-0.05, 0) is 56.4 Å². The van der Waals surface area contributed by atoms with Crippen LogP contribution in [0, 0.1) is 22.0 Å². The number of fused-ring (bicyclic) bond motifs is 1. The van der Waals surface area contributed by atoms with Crippen LogP contribution < -0.4 is 5.73 Å². The number of benzene rings is 2. The largest absolute Gasteiger partial charge is 0.456 e. The second-order valence-corrected chi connectivity index (χ2v) is 18.3. The number of rotatable bonds is 11. The van der Waals surface area contributed by atoms with Crippen molar-refractivity contribution in [2.24, 2.45) is 17.6 Å². The Bertz CT molecular complexity index is 1670. The number of thioether (sulfide) groups is 1. The van der Waals surface area contributed by atoms with Crippen LogP contribution in [0.3, 0.4) is 0 Å². The number of carbonyl (C=O) groups is 3. The molecule has 1 saturated heterocycles. The normalized spacial score (nSPS) is 20.2. The Morgan fingerprint density at radius 3 is 2.55 bits per heavy atom. The van der Waals surface area contributed by atoms with Crippen molar-refractivity contribution >= 4 is 54.9 Å². The van der Waals surface area contributed by atoms with E-state index in [9.17, 15) is 24.5 Å². The second-order valence-electron chi connectivity index (χ2n) is 11.7. The zero-order chi connectivity index (χ0) is 31.9. The zero-order valence-corrected chi connectivity index (χ0v) is 27.4. The maximum absolute atomic E-state index is 13.6. The van der Waals surface area contributed by atoms with Crippen LogP contribution in [-0.4, -0.2) is 53.1 Å². The van der Waals surface area contributed by atoms with Gasteiger partial charge in [0.1, 0.15) is 12.3 Å². The van der Waals surface area contributed by atoms with E-state index in [0.29, 0.717) is 26.1 Å². The summed E-state index contributed by atoms with van der Waals surface area (Å²) < 4.78 is 12.6. The van der Waals surface area contributed by atoms with Gasteiger partial charge in [0.05, 0.1) is 28.7 Å². The van der Waals surface area contributed by atoms with E-state index in [1.54, 1.807) is 18.2 Å². The lowest BCUT2D eigenvalue weighted by Gasteiger charge is -2.48. The van der Waals surface area contributed by atoms with Gasteiger partial charge >= 0.3 is 5.97 Å². The number of hydrogen-bond acceptors (Lipinski definition) is 10. The summed E-state index contributed by atoms with van der Waals surface area (Å²) in [5.41, 5.74) is 7.91. The first-order valence-electron chi connectivity index (χ1n) is 13.9. The van der Waals surface area contributed by atoms with Gasteiger partial charge in [-0.3, -0.25) is 19.7 Å². The van der Waals surface area contributed by atoms with Gasteiger partial charge in [-0.25, -0.2) is 9.78 Å². The van der Waals surface area contributed by atoms with Gasteiger partial charge < -0.3 is 19.8 Å². The first-order valence-corrected chi connectivity index (χ1v) is 19.0. The molecule has 14 heteroatoms. The van der Waals surface area contributed by atoms with Crippen molar-refractivity contribution < 1.29 is 28.5 Å². The summed E-state index contributed by atoms with van der Waals surface area (Å²) in [5, 5.41) is 12.9. The Kier molecular flexibility index (Phi) is 8.80. The molecule has 1 unspecified atom stereocenters. The molecule has 0 saturated carbocycles. The van der Waals surface area contributed by atoms with Crippen LogP contribution in [0.5, 0.6) is 0 Å². The van der Waals surface area contributed by atoms with E-state index in [1.807, 2.05) is 25.3 Å². The molecule has 2 aliphatic heterocycles. The summed E-state index contributed by atoms with van der Waals surface area (Å²) in [6.07, 6.45) is -0.316. The average Bonchev–Trinajstić information content (AvgIpc) is 3.52. The molecule has 0 radical (unpaired) electrons. The molecule has 44 heavy (non-hydrogen) atoms. The minimum atomic E-state index is -1.94. The Labute approximate surface area is 263 Å². The molecule has 2 amide bonds. The summed E-state index contributed by atoms with van der Waals surface area (Å²) in [6.45, 7) is 10.0. The fourth-order valence-electron chi connectivity index (χ4n) is 5.56. The monoisotopic (exact) mass is 652 g/mol. The molecule has 1 aromatic heterocycles. The number of nitro benzene ring substituents is 1. The van der Waals surface area contributed by atoms with E-state index in [1.165, 1.54) is 52.3 Å². The van der Waals surface area contributed by atoms with E-state index in [-0.39, 0.29) is 42.0 Å². The minimum absolute atomic E-state index is 0.0648. The van der Waals surface area contributed by atoms with Gasteiger partial charge in [0.25, 0.3) is 5.69 Å². The van der Waals surface area contributed by atoms with E-state index < -0.39 is 31.0 Å². The molecule has 4 atom stereocenters. The highest BCUT2D eigenvalue weighted by atomic mass is 32.2. The molecule has 5 rings (SSSR count). The number of amides is 2. The number of esters is 1. The van der Waals surface area contributed by atoms with Crippen LogP contribution in [-0.2, 0) is 25.4 Å².